The molecule has 64 valence electrons. The number of hydroxylamine groups is 2. The van der Waals surface area contributed by atoms with Gasteiger partial charge >= 0.3 is 0 Å². The summed E-state index contributed by atoms with van der Waals surface area (Å²) in [5.74, 6) is 0.900. The summed E-state index contributed by atoms with van der Waals surface area (Å²) in [4.78, 5) is 5.57. The third-order valence-corrected chi connectivity index (χ3v) is 2.53. The number of nitrogens with zero attached hydrogens (tertiary/aromatic N) is 1. The molecule has 1 aromatic rings. The van der Waals surface area contributed by atoms with Crippen LogP contribution in [-0.2, 0) is 0 Å². The molecule has 1 aromatic carbocycles. The predicted octanol–water partition coefficient (Wildman–Crippen LogP) is 2.45. The molecule has 1 aliphatic rings. The van der Waals surface area contributed by atoms with Gasteiger partial charge in [0.1, 0.15) is 0 Å². The third kappa shape index (κ3) is 1.62. The van der Waals surface area contributed by atoms with Crippen LogP contribution in [0.1, 0.15) is 6.42 Å². The van der Waals surface area contributed by atoms with Gasteiger partial charge < -0.3 is 4.84 Å². The highest BCUT2D eigenvalue weighted by Crippen LogP contribution is 2.25. The van der Waals surface area contributed by atoms with Crippen LogP contribution in [0, 0.1) is 0 Å². The Morgan fingerprint density at radius 3 is 2.58 bits per heavy atom. The van der Waals surface area contributed by atoms with E-state index in [1.165, 1.54) is 6.42 Å². The van der Waals surface area contributed by atoms with E-state index in [1.807, 2.05) is 29.3 Å². The highest BCUT2D eigenvalue weighted by Gasteiger charge is 2.16. The van der Waals surface area contributed by atoms with Crippen molar-refractivity contribution in [2.45, 2.75) is 6.42 Å². The van der Waals surface area contributed by atoms with Crippen LogP contribution in [-0.4, -0.2) is 18.2 Å². The number of hydrogen-bond donors (Lipinski definition) is 0. The van der Waals surface area contributed by atoms with Gasteiger partial charge in [0.2, 0.25) is 0 Å². The first-order valence-electron chi connectivity index (χ1n) is 4.04. The molecule has 0 amide bonds. The van der Waals surface area contributed by atoms with Crippen LogP contribution in [0.25, 0.3) is 0 Å². The number of rotatable bonds is 2. The smallest absolute Gasteiger partial charge is 0.161 e. The van der Waals surface area contributed by atoms with Gasteiger partial charge in [0.05, 0.1) is 4.47 Å². The summed E-state index contributed by atoms with van der Waals surface area (Å²) in [5.41, 5.74) is 0. The molecule has 2 rings (SSSR count). The summed E-state index contributed by atoms with van der Waals surface area (Å²) in [6, 6.07) is 7.89. The Morgan fingerprint density at radius 2 is 2.00 bits per heavy atom. The Hall–Kier alpha value is -0.540. The van der Waals surface area contributed by atoms with Crippen LogP contribution < -0.4 is 4.84 Å². The fourth-order valence-electron chi connectivity index (χ4n) is 1.04. The van der Waals surface area contributed by atoms with Gasteiger partial charge in [-0.05, 0) is 34.5 Å². The van der Waals surface area contributed by atoms with Crippen LogP contribution in [0.15, 0.2) is 28.7 Å². The van der Waals surface area contributed by atoms with Crippen LogP contribution in [0.5, 0.6) is 5.75 Å². The van der Waals surface area contributed by atoms with Crippen molar-refractivity contribution in [3.63, 3.8) is 0 Å². The first kappa shape index (κ1) is 8.08. The van der Waals surface area contributed by atoms with Crippen LogP contribution in [0.4, 0.5) is 0 Å². The van der Waals surface area contributed by atoms with Crippen LogP contribution >= 0.6 is 15.9 Å². The molecular weight excluding hydrogens is 218 g/mol. The highest BCUT2D eigenvalue weighted by atomic mass is 79.9. The van der Waals surface area contributed by atoms with Crippen molar-refractivity contribution in [1.82, 2.24) is 5.06 Å². The molecule has 0 radical (unpaired) electrons. The van der Waals surface area contributed by atoms with Crippen molar-refractivity contribution >= 4 is 15.9 Å². The van der Waals surface area contributed by atoms with E-state index in [9.17, 15) is 0 Å². The summed E-state index contributed by atoms with van der Waals surface area (Å²) < 4.78 is 1.01. The lowest BCUT2D eigenvalue weighted by molar-refractivity contribution is -0.107. The lowest BCUT2D eigenvalue weighted by Gasteiger charge is -2.29. The van der Waals surface area contributed by atoms with Gasteiger partial charge in [-0.15, -0.1) is 5.06 Å². The minimum atomic E-state index is 0.900. The van der Waals surface area contributed by atoms with Gasteiger partial charge in [0.25, 0.3) is 0 Å². The highest BCUT2D eigenvalue weighted by molar-refractivity contribution is 9.10. The molecule has 0 aromatic heterocycles. The van der Waals surface area contributed by atoms with E-state index in [0.717, 1.165) is 23.3 Å². The molecule has 1 fully saturated rings. The molecule has 2 nitrogen and oxygen atoms in total. The van der Waals surface area contributed by atoms with Crippen LogP contribution in [0.3, 0.4) is 0 Å². The SMILES string of the molecule is Brc1ccccc1ON1CCC1. The maximum atomic E-state index is 5.57. The molecule has 0 saturated carbocycles. The molecule has 0 atom stereocenters. The summed E-state index contributed by atoms with van der Waals surface area (Å²) in [6.07, 6.45) is 1.24. The summed E-state index contributed by atoms with van der Waals surface area (Å²) >= 11 is 3.43. The zero-order chi connectivity index (χ0) is 8.39. The lowest BCUT2D eigenvalue weighted by Crippen LogP contribution is -2.39. The van der Waals surface area contributed by atoms with Gasteiger partial charge in [-0.3, -0.25) is 0 Å². The van der Waals surface area contributed by atoms with Crippen LogP contribution in [0.2, 0.25) is 0 Å². The topological polar surface area (TPSA) is 12.5 Å². The maximum Gasteiger partial charge on any atom is 0.161 e. The van der Waals surface area contributed by atoms with E-state index >= 15 is 0 Å². The van der Waals surface area contributed by atoms with Gasteiger partial charge in [0, 0.05) is 13.1 Å². The van der Waals surface area contributed by atoms with Gasteiger partial charge in [-0.1, -0.05) is 12.1 Å². The monoisotopic (exact) mass is 227 g/mol. The fraction of sp³-hybridized carbons (Fsp3) is 0.333. The second kappa shape index (κ2) is 3.46. The van der Waals surface area contributed by atoms with Crippen molar-refractivity contribution < 1.29 is 4.84 Å². The summed E-state index contributed by atoms with van der Waals surface area (Å²) in [5, 5.41) is 1.96. The first-order valence-corrected chi connectivity index (χ1v) is 4.83. The number of hydrogen-bond acceptors (Lipinski definition) is 2. The normalized spacial score (nSPS) is 17.1. The standard InChI is InChI=1S/C9H10BrNO/c10-8-4-1-2-5-9(8)12-11-6-3-7-11/h1-2,4-5H,3,6-7H2. The van der Waals surface area contributed by atoms with Crippen molar-refractivity contribution in [2.75, 3.05) is 13.1 Å². The molecular formula is C9H10BrNO. The minimum absolute atomic E-state index is 0.900. The molecule has 1 heterocycles. The van der Waals surface area contributed by atoms with E-state index in [2.05, 4.69) is 15.9 Å². The van der Waals surface area contributed by atoms with Crippen molar-refractivity contribution in [2.24, 2.45) is 0 Å². The second-order valence-electron chi connectivity index (χ2n) is 2.80. The fourth-order valence-corrected chi connectivity index (χ4v) is 1.39. The molecule has 1 saturated heterocycles. The van der Waals surface area contributed by atoms with E-state index < -0.39 is 0 Å². The number of para-hydroxylation sites is 1. The molecule has 0 bridgehead atoms. The Bertz CT molecular complexity index is 273. The quantitative estimate of drug-likeness (QED) is 0.770. The average Bonchev–Trinajstić information content (AvgIpc) is 2.00. The summed E-state index contributed by atoms with van der Waals surface area (Å²) in [7, 11) is 0. The van der Waals surface area contributed by atoms with Gasteiger partial charge in [-0.25, -0.2) is 0 Å². The first-order chi connectivity index (χ1) is 5.86. The predicted molar refractivity (Wildman–Crippen MR) is 51.0 cm³/mol. The molecule has 3 heteroatoms. The Labute approximate surface area is 80.2 Å². The number of halogens is 1. The zero-order valence-corrected chi connectivity index (χ0v) is 8.25. The zero-order valence-electron chi connectivity index (χ0n) is 6.66. The molecule has 0 aliphatic carbocycles. The Balaban J connectivity index is 2.06. The molecule has 0 N–H and O–H groups in total. The number of benzene rings is 1. The van der Waals surface area contributed by atoms with Crippen molar-refractivity contribution in [3.8, 4) is 5.75 Å². The molecule has 12 heavy (non-hydrogen) atoms. The van der Waals surface area contributed by atoms with Gasteiger partial charge in [0.15, 0.2) is 5.75 Å². The largest absolute Gasteiger partial charge is 0.405 e. The minimum Gasteiger partial charge on any atom is -0.405 e. The van der Waals surface area contributed by atoms with Gasteiger partial charge in [-0.2, -0.15) is 0 Å². The van der Waals surface area contributed by atoms with Crippen molar-refractivity contribution in [1.29, 1.82) is 0 Å². The van der Waals surface area contributed by atoms with E-state index in [0.29, 0.717) is 0 Å². The van der Waals surface area contributed by atoms with E-state index in [1.54, 1.807) is 0 Å². The maximum absolute atomic E-state index is 5.57. The molecule has 0 spiro atoms. The lowest BCUT2D eigenvalue weighted by atomic mass is 10.3. The van der Waals surface area contributed by atoms with E-state index in [4.69, 9.17) is 4.84 Å². The Morgan fingerprint density at radius 1 is 1.25 bits per heavy atom. The third-order valence-electron chi connectivity index (χ3n) is 1.88. The summed E-state index contributed by atoms with van der Waals surface area (Å²) in [6.45, 7) is 2.09. The molecule has 0 unspecified atom stereocenters. The van der Waals surface area contributed by atoms with E-state index in [-0.39, 0.29) is 0 Å². The van der Waals surface area contributed by atoms with Crippen molar-refractivity contribution in [3.05, 3.63) is 28.7 Å². The average molecular weight is 228 g/mol. The Kier molecular flexibility index (Phi) is 2.33. The second-order valence-corrected chi connectivity index (χ2v) is 3.66. The molecule has 1 aliphatic heterocycles.